The lowest BCUT2D eigenvalue weighted by Gasteiger charge is -2.38. The van der Waals surface area contributed by atoms with Crippen LogP contribution in [0.1, 0.15) is 127 Å². The van der Waals surface area contributed by atoms with Crippen LogP contribution in [0.25, 0.3) is 0 Å². The van der Waals surface area contributed by atoms with Crippen LogP contribution in [0.5, 0.6) is 0 Å². The van der Waals surface area contributed by atoms with Gasteiger partial charge in [-0.3, -0.25) is 0 Å². The lowest BCUT2D eigenvalue weighted by Crippen LogP contribution is -2.54. The molecule has 0 radical (unpaired) electrons. The molecule has 0 aliphatic carbocycles. The highest BCUT2D eigenvalue weighted by Gasteiger charge is 2.50. The highest BCUT2D eigenvalue weighted by atomic mass is 16.9. The third kappa shape index (κ3) is 14.4. The average Bonchev–Trinajstić information content (AvgIpc) is 3.08. The van der Waals surface area contributed by atoms with Crippen molar-refractivity contribution in [3.05, 3.63) is 35.4 Å². The van der Waals surface area contributed by atoms with E-state index in [1.165, 1.54) is 12.1 Å². The van der Waals surface area contributed by atoms with Gasteiger partial charge in [0.1, 0.15) is 0 Å². The minimum atomic E-state index is -2.05. The highest BCUT2D eigenvalue weighted by molar-refractivity contribution is 6.03. The molecule has 0 saturated heterocycles. The predicted octanol–water partition coefficient (Wildman–Crippen LogP) is 7.37. The molecule has 1 aromatic rings. The normalized spacial score (nSPS) is 12.2. The summed E-state index contributed by atoms with van der Waals surface area (Å²) in [6.45, 7) is 17.0. The minimum absolute atomic E-state index is 0.0998. The molecule has 0 atom stereocenters. The summed E-state index contributed by atoms with van der Waals surface area (Å²) in [4.78, 5) is 28.2. The van der Waals surface area contributed by atoms with Gasteiger partial charge in [0.25, 0.3) is 12.6 Å². The topological polar surface area (TPSA) is 126 Å². The Morgan fingerprint density at radius 1 is 0.500 bits per heavy atom. The van der Waals surface area contributed by atoms with E-state index < -0.39 is 36.5 Å². The molecule has 0 bridgehead atoms. The van der Waals surface area contributed by atoms with Gasteiger partial charge in [-0.2, -0.15) is 0 Å². The second-order valence-electron chi connectivity index (χ2n) is 10.8. The Hall–Kier alpha value is -2.16. The summed E-state index contributed by atoms with van der Waals surface area (Å²) in [5.41, 5.74) is -0.200. The molecule has 12 heteroatoms. The molecule has 1 rings (SSSR count). The highest BCUT2D eigenvalue weighted by Crippen LogP contribution is 2.31. The van der Waals surface area contributed by atoms with Gasteiger partial charge in [-0.1, -0.05) is 65.5 Å². The first kappa shape index (κ1) is 43.9. The van der Waals surface area contributed by atoms with E-state index in [0.29, 0.717) is 25.7 Å². The number of hydrogen-bond donors (Lipinski definition) is 0. The summed E-state index contributed by atoms with van der Waals surface area (Å²) in [6, 6.07) is 6.13. The minimum Gasteiger partial charge on any atom is -0.400 e. The Morgan fingerprint density at radius 3 is 1.00 bits per heavy atom. The van der Waals surface area contributed by atoms with E-state index in [4.69, 9.17) is 47.4 Å². The number of unbranched alkanes of at least 4 members (excludes halogenated alkanes) is 4. The molecular weight excluding hydrogens is 624 g/mol. The van der Waals surface area contributed by atoms with Gasteiger partial charge in [0.2, 0.25) is 0 Å². The van der Waals surface area contributed by atoms with Crippen molar-refractivity contribution >= 4 is 11.9 Å². The Bertz CT molecular complexity index is 878. The van der Waals surface area contributed by atoms with Gasteiger partial charge < -0.3 is 47.4 Å². The smallest absolute Gasteiger partial charge is 0.383 e. The van der Waals surface area contributed by atoms with Crippen molar-refractivity contribution in [2.24, 2.45) is 0 Å². The summed E-state index contributed by atoms with van der Waals surface area (Å²) in [6.07, 6.45) is 3.59. The van der Waals surface area contributed by atoms with Gasteiger partial charge in [0, 0.05) is 26.4 Å². The molecule has 0 aromatic heterocycles. The zero-order valence-electron chi connectivity index (χ0n) is 30.7. The summed E-state index contributed by atoms with van der Waals surface area (Å²) in [5, 5.41) is 0. The summed E-state index contributed by atoms with van der Waals surface area (Å²) in [7, 11) is 0. The molecule has 0 amide bonds. The molecule has 0 saturated carbocycles. The Kier molecular flexibility index (Phi) is 23.5. The molecule has 0 spiro atoms. The van der Waals surface area contributed by atoms with Crippen LogP contribution in [0.15, 0.2) is 24.3 Å². The summed E-state index contributed by atoms with van der Waals surface area (Å²) in [5.74, 6) is -5.91. The van der Waals surface area contributed by atoms with Crippen LogP contribution < -0.4 is 0 Å². The van der Waals surface area contributed by atoms with Crippen molar-refractivity contribution in [1.82, 2.24) is 0 Å². The van der Waals surface area contributed by atoms with E-state index in [0.717, 1.165) is 25.7 Å². The summed E-state index contributed by atoms with van der Waals surface area (Å²) >= 11 is 0. The van der Waals surface area contributed by atoms with Gasteiger partial charge >= 0.3 is 23.9 Å². The monoisotopic (exact) mass is 686 g/mol. The van der Waals surface area contributed by atoms with Crippen LogP contribution >= 0.6 is 0 Å². The first-order chi connectivity index (χ1) is 23.3. The molecule has 0 heterocycles. The van der Waals surface area contributed by atoms with Gasteiger partial charge in [0.05, 0.1) is 37.6 Å². The Balaban J connectivity index is 3.66. The fourth-order valence-electron chi connectivity index (χ4n) is 4.32. The molecule has 0 unspecified atom stereocenters. The zero-order chi connectivity index (χ0) is 35.7. The maximum absolute atomic E-state index is 14.1. The molecule has 48 heavy (non-hydrogen) atoms. The van der Waals surface area contributed by atoms with Crippen molar-refractivity contribution in [3.63, 3.8) is 0 Å². The quantitative estimate of drug-likeness (QED) is 0.0455. The number of hydrogen-bond acceptors (Lipinski definition) is 12. The number of esters is 2. The van der Waals surface area contributed by atoms with Crippen molar-refractivity contribution in [1.29, 1.82) is 0 Å². The van der Waals surface area contributed by atoms with Crippen LogP contribution in [0, 0.1) is 0 Å². The van der Waals surface area contributed by atoms with Gasteiger partial charge in [0.15, 0.2) is 0 Å². The Morgan fingerprint density at radius 2 is 0.771 bits per heavy atom. The first-order valence-corrected chi connectivity index (χ1v) is 17.9. The van der Waals surface area contributed by atoms with Crippen molar-refractivity contribution < 1.29 is 57.0 Å². The van der Waals surface area contributed by atoms with Crippen LogP contribution in [-0.4, -0.2) is 89.3 Å². The van der Waals surface area contributed by atoms with E-state index >= 15 is 0 Å². The molecule has 0 aliphatic rings. The number of benzene rings is 1. The third-order valence-electron chi connectivity index (χ3n) is 6.89. The van der Waals surface area contributed by atoms with Crippen LogP contribution in [0.3, 0.4) is 0 Å². The molecular formula is C36H62O12. The molecule has 0 aliphatic heterocycles. The maximum Gasteiger partial charge on any atom is 0.383 e. The number of carbonyl (C=O) groups excluding carboxylic acids is 2. The third-order valence-corrected chi connectivity index (χ3v) is 6.89. The second-order valence-corrected chi connectivity index (χ2v) is 10.8. The van der Waals surface area contributed by atoms with Gasteiger partial charge in [-0.25, -0.2) is 9.59 Å². The first-order valence-electron chi connectivity index (χ1n) is 17.9. The van der Waals surface area contributed by atoms with E-state index in [2.05, 4.69) is 0 Å². The van der Waals surface area contributed by atoms with Crippen molar-refractivity contribution in [2.75, 3.05) is 52.9 Å². The maximum atomic E-state index is 14.1. The largest absolute Gasteiger partial charge is 0.400 e. The van der Waals surface area contributed by atoms with Crippen LogP contribution in [0.4, 0.5) is 0 Å². The average molecular weight is 687 g/mol. The van der Waals surface area contributed by atoms with Gasteiger partial charge in [-0.05, 0) is 65.5 Å². The standard InChI is InChI=1S/C36H62O12/c1-9-17-25-43-35(44-26-18-10-2,33(39-13-5)40-14-6)47-31(37)29-23-21-22-24-30(29)32(38)48-36(45-27-19-11-3,46-28-20-12-4)34(41-15-7)42-16-8/h21-24,33-34H,9-20,25-28H2,1-8H3. The lowest BCUT2D eigenvalue weighted by molar-refractivity contribution is -0.438. The summed E-state index contributed by atoms with van der Waals surface area (Å²) < 4.78 is 60.1. The second kappa shape index (κ2) is 25.8. The number of rotatable bonds is 30. The molecule has 12 nitrogen and oxygen atoms in total. The van der Waals surface area contributed by atoms with Crippen LogP contribution in [-0.2, 0) is 47.4 Å². The van der Waals surface area contributed by atoms with E-state index in [1.54, 1.807) is 39.8 Å². The number of ether oxygens (including phenoxy) is 10. The predicted molar refractivity (Wildman–Crippen MR) is 180 cm³/mol. The fraction of sp³-hybridized carbons (Fsp3) is 0.778. The van der Waals surface area contributed by atoms with Crippen LogP contribution in [0.2, 0.25) is 0 Å². The molecule has 0 fully saturated rings. The Labute approximate surface area is 288 Å². The van der Waals surface area contributed by atoms with Gasteiger partial charge in [-0.15, -0.1) is 0 Å². The lowest BCUT2D eigenvalue weighted by atomic mass is 10.1. The molecule has 278 valence electrons. The van der Waals surface area contributed by atoms with Crippen molar-refractivity contribution in [2.45, 2.75) is 131 Å². The number of carbonyl (C=O) groups is 2. The SMILES string of the molecule is CCCCOC(OCCCC)(OC(=O)c1ccccc1C(=O)OC(OCCCC)(OCCCC)C(OCC)OCC)C(OCC)OCC. The van der Waals surface area contributed by atoms with E-state index in [9.17, 15) is 9.59 Å². The molecule has 1 aromatic carbocycles. The van der Waals surface area contributed by atoms with Crippen molar-refractivity contribution in [3.8, 4) is 0 Å². The fourth-order valence-corrected chi connectivity index (χ4v) is 4.32. The van der Waals surface area contributed by atoms with E-state index in [1.807, 2.05) is 27.7 Å². The zero-order valence-corrected chi connectivity index (χ0v) is 30.7. The molecule has 0 N–H and O–H groups in total. The van der Waals surface area contributed by atoms with E-state index in [-0.39, 0.29) is 64.0 Å².